The van der Waals surface area contributed by atoms with E-state index in [0.29, 0.717) is 12.1 Å². The Kier molecular flexibility index (Phi) is 7.29. The lowest BCUT2D eigenvalue weighted by Gasteiger charge is -2.08. The number of aryl methyl sites for hydroxylation is 1. The molecule has 0 fully saturated rings. The number of carbonyl (C=O) groups excluding carboxylic acids is 1. The smallest absolute Gasteiger partial charge is 0.269 e. The molecule has 0 aromatic heterocycles. The van der Waals surface area contributed by atoms with Gasteiger partial charge < -0.3 is 15.6 Å². The Balaban J connectivity index is 1.75. The van der Waals surface area contributed by atoms with Crippen LogP contribution in [-0.2, 0) is 17.6 Å². The molecule has 0 unspecified atom stereocenters. The standard InChI is InChI=1S/C19H21ClN2O3/c20-16-12-15(9-10-18(16)23)13-17(22-25)19(24)21-11-5-4-8-14-6-2-1-3-7-14/h1-3,6-7,9-10,12,23,25H,4-5,8,11,13H2,(H,21,24)/b22-17+. The van der Waals surface area contributed by atoms with Crippen molar-refractivity contribution in [2.75, 3.05) is 6.54 Å². The van der Waals surface area contributed by atoms with Crippen LogP contribution in [0.3, 0.4) is 0 Å². The highest BCUT2D eigenvalue weighted by atomic mass is 35.5. The fourth-order valence-electron chi connectivity index (χ4n) is 2.42. The van der Waals surface area contributed by atoms with Crippen molar-refractivity contribution in [3.05, 3.63) is 64.7 Å². The summed E-state index contributed by atoms with van der Waals surface area (Å²) in [5.41, 5.74) is 1.95. The minimum atomic E-state index is -0.411. The molecule has 2 rings (SSSR count). The van der Waals surface area contributed by atoms with Crippen LogP contribution in [0.2, 0.25) is 5.02 Å². The third kappa shape index (κ3) is 6.12. The number of aromatic hydroxyl groups is 1. The molecule has 0 aliphatic heterocycles. The molecule has 0 aliphatic carbocycles. The maximum atomic E-state index is 12.1. The van der Waals surface area contributed by atoms with E-state index in [9.17, 15) is 9.90 Å². The van der Waals surface area contributed by atoms with E-state index in [1.54, 1.807) is 6.07 Å². The number of phenols is 1. The molecule has 2 aromatic carbocycles. The number of hydrogen-bond donors (Lipinski definition) is 3. The van der Waals surface area contributed by atoms with E-state index in [1.807, 2.05) is 18.2 Å². The summed E-state index contributed by atoms with van der Waals surface area (Å²) in [5.74, 6) is -0.442. The molecule has 5 nitrogen and oxygen atoms in total. The number of nitrogens with one attached hydrogen (secondary N) is 1. The van der Waals surface area contributed by atoms with Crippen molar-refractivity contribution in [3.8, 4) is 5.75 Å². The number of hydrogen-bond acceptors (Lipinski definition) is 4. The highest BCUT2D eigenvalue weighted by Crippen LogP contribution is 2.23. The number of oxime groups is 1. The number of rotatable bonds is 8. The molecule has 1 amide bonds. The van der Waals surface area contributed by atoms with Gasteiger partial charge >= 0.3 is 0 Å². The Morgan fingerprint density at radius 3 is 2.52 bits per heavy atom. The van der Waals surface area contributed by atoms with E-state index in [4.69, 9.17) is 16.8 Å². The average molecular weight is 361 g/mol. The molecular formula is C19H21ClN2O3. The Hall–Kier alpha value is -2.53. The Labute approximate surface area is 151 Å². The van der Waals surface area contributed by atoms with Gasteiger partial charge in [-0.15, -0.1) is 0 Å². The van der Waals surface area contributed by atoms with Crippen molar-refractivity contribution in [2.24, 2.45) is 5.16 Å². The van der Waals surface area contributed by atoms with Gasteiger partial charge in [-0.05, 0) is 42.5 Å². The van der Waals surface area contributed by atoms with E-state index < -0.39 is 5.91 Å². The third-order valence-corrected chi connectivity index (χ3v) is 4.09. The van der Waals surface area contributed by atoms with Gasteiger partial charge in [-0.25, -0.2) is 0 Å². The van der Waals surface area contributed by atoms with Gasteiger partial charge in [0.05, 0.1) is 5.02 Å². The van der Waals surface area contributed by atoms with Crippen LogP contribution < -0.4 is 5.32 Å². The van der Waals surface area contributed by atoms with E-state index in [1.165, 1.54) is 17.7 Å². The third-order valence-electron chi connectivity index (χ3n) is 3.79. The van der Waals surface area contributed by atoms with Gasteiger partial charge in [0, 0.05) is 13.0 Å². The Morgan fingerprint density at radius 1 is 1.08 bits per heavy atom. The van der Waals surface area contributed by atoms with E-state index in [2.05, 4.69) is 22.6 Å². The summed E-state index contributed by atoms with van der Waals surface area (Å²) < 4.78 is 0. The second kappa shape index (κ2) is 9.69. The largest absolute Gasteiger partial charge is 0.506 e. The van der Waals surface area contributed by atoms with Crippen LogP contribution in [0.15, 0.2) is 53.7 Å². The molecular weight excluding hydrogens is 340 g/mol. The number of amides is 1. The zero-order valence-electron chi connectivity index (χ0n) is 13.8. The fourth-order valence-corrected chi connectivity index (χ4v) is 2.62. The molecule has 0 saturated heterocycles. The summed E-state index contributed by atoms with van der Waals surface area (Å²) in [6.07, 6.45) is 2.89. The quantitative estimate of drug-likeness (QED) is 0.291. The van der Waals surface area contributed by atoms with Crippen molar-refractivity contribution in [3.63, 3.8) is 0 Å². The lowest BCUT2D eigenvalue weighted by Crippen LogP contribution is -2.33. The maximum Gasteiger partial charge on any atom is 0.269 e. The summed E-state index contributed by atoms with van der Waals surface area (Å²) in [6.45, 7) is 0.515. The maximum absolute atomic E-state index is 12.1. The van der Waals surface area contributed by atoms with Gasteiger partial charge in [-0.2, -0.15) is 0 Å². The van der Waals surface area contributed by atoms with Gasteiger partial charge in [0.25, 0.3) is 5.91 Å². The summed E-state index contributed by atoms with van der Waals surface area (Å²) in [4.78, 5) is 12.1. The summed E-state index contributed by atoms with van der Waals surface area (Å²) in [6, 6.07) is 14.8. The SMILES string of the molecule is O=C(NCCCCc1ccccc1)/C(Cc1ccc(O)c(Cl)c1)=N/O. The normalized spacial score (nSPS) is 11.3. The highest BCUT2D eigenvalue weighted by molar-refractivity contribution is 6.39. The number of benzene rings is 2. The minimum Gasteiger partial charge on any atom is -0.506 e. The molecule has 0 radical (unpaired) electrons. The number of carbonyl (C=O) groups is 1. The van der Waals surface area contributed by atoms with Crippen LogP contribution in [0.4, 0.5) is 0 Å². The first-order chi connectivity index (χ1) is 12.1. The first-order valence-corrected chi connectivity index (χ1v) is 8.48. The topological polar surface area (TPSA) is 81.9 Å². The average Bonchev–Trinajstić information content (AvgIpc) is 2.63. The van der Waals surface area contributed by atoms with Crippen LogP contribution >= 0.6 is 11.6 Å². The monoisotopic (exact) mass is 360 g/mol. The van der Waals surface area contributed by atoms with E-state index >= 15 is 0 Å². The number of unbranched alkanes of at least 4 members (excludes halogenated alkanes) is 1. The molecule has 0 heterocycles. The molecule has 3 N–H and O–H groups in total. The number of halogens is 1. The van der Waals surface area contributed by atoms with Crippen LogP contribution in [0, 0.1) is 0 Å². The summed E-state index contributed by atoms with van der Waals surface area (Å²) in [7, 11) is 0. The van der Waals surface area contributed by atoms with Crippen molar-refractivity contribution < 1.29 is 15.1 Å². The zero-order chi connectivity index (χ0) is 18.1. The van der Waals surface area contributed by atoms with Crippen molar-refractivity contribution in [1.29, 1.82) is 0 Å². The lowest BCUT2D eigenvalue weighted by molar-refractivity contribution is -0.115. The van der Waals surface area contributed by atoms with Crippen LogP contribution in [-0.4, -0.2) is 28.5 Å². The van der Waals surface area contributed by atoms with Gasteiger partial charge in [0.2, 0.25) is 0 Å². The molecule has 6 heteroatoms. The molecule has 2 aromatic rings. The zero-order valence-corrected chi connectivity index (χ0v) is 14.5. The Morgan fingerprint density at radius 2 is 1.84 bits per heavy atom. The highest BCUT2D eigenvalue weighted by Gasteiger charge is 2.13. The van der Waals surface area contributed by atoms with Gasteiger partial charge in [0.1, 0.15) is 11.5 Å². The van der Waals surface area contributed by atoms with Crippen LogP contribution in [0.1, 0.15) is 24.0 Å². The van der Waals surface area contributed by atoms with Crippen molar-refractivity contribution in [2.45, 2.75) is 25.7 Å². The molecule has 0 atom stereocenters. The predicted molar refractivity (Wildman–Crippen MR) is 98.4 cm³/mol. The predicted octanol–water partition coefficient (Wildman–Crippen LogP) is 3.56. The number of phenolic OH excluding ortho intramolecular Hbond substituents is 1. The van der Waals surface area contributed by atoms with Gasteiger partial charge in [-0.3, -0.25) is 4.79 Å². The fraction of sp³-hybridized carbons (Fsp3) is 0.263. The summed E-state index contributed by atoms with van der Waals surface area (Å²) >= 11 is 5.84. The van der Waals surface area contributed by atoms with Gasteiger partial charge in [-0.1, -0.05) is 53.2 Å². The Bertz CT molecular complexity index is 733. The molecule has 132 valence electrons. The minimum absolute atomic E-state index is 0.00446. The molecule has 0 aliphatic rings. The molecule has 0 bridgehead atoms. The van der Waals surface area contributed by atoms with E-state index in [0.717, 1.165) is 19.3 Å². The lowest BCUT2D eigenvalue weighted by atomic mass is 10.1. The second-order valence-electron chi connectivity index (χ2n) is 5.71. The number of nitrogens with zero attached hydrogens (tertiary/aromatic N) is 1. The van der Waals surface area contributed by atoms with Crippen molar-refractivity contribution in [1.82, 2.24) is 5.32 Å². The second-order valence-corrected chi connectivity index (χ2v) is 6.12. The first kappa shape index (κ1) is 18.8. The molecule has 0 spiro atoms. The van der Waals surface area contributed by atoms with E-state index in [-0.39, 0.29) is 22.9 Å². The van der Waals surface area contributed by atoms with Crippen LogP contribution in [0.25, 0.3) is 0 Å². The van der Waals surface area contributed by atoms with Crippen molar-refractivity contribution >= 4 is 23.2 Å². The first-order valence-electron chi connectivity index (χ1n) is 8.10. The summed E-state index contributed by atoms with van der Waals surface area (Å²) in [5, 5.41) is 24.5. The van der Waals surface area contributed by atoms with Gasteiger partial charge in [0.15, 0.2) is 0 Å². The molecule has 0 saturated carbocycles. The van der Waals surface area contributed by atoms with Crippen LogP contribution in [0.5, 0.6) is 5.75 Å². The molecule has 25 heavy (non-hydrogen) atoms.